The summed E-state index contributed by atoms with van der Waals surface area (Å²) in [4.78, 5) is 15.7. The number of aryl methyl sites for hydroxylation is 1. The molecule has 1 heterocycles. The van der Waals surface area contributed by atoms with Gasteiger partial charge in [0.15, 0.2) is 0 Å². The fourth-order valence-corrected chi connectivity index (χ4v) is 4.13. The average molecular weight is 519 g/mol. The molecule has 0 aliphatic heterocycles. The van der Waals surface area contributed by atoms with Crippen LogP contribution >= 0.6 is 0 Å². The molecule has 1 atom stereocenters. The third kappa shape index (κ3) is 5.23. The predicted molar refractivity (Wildman–Crippen MR) is 124 cm³/mol. The third-order valence-corrected chi connectivity index (χ3v) is 5.95. The first-order chi connectivity index (χ1) is 17.3. The molecule has 192 valence electrons. The van der Waals surface area contributed by atoms with Gasteiger partial charge in [0.25, 0.3) is 0 Å². The average Bonchev–Trinajstić information content (AvgIpc) is 2.82. The first-order valence-corrected chi connectivity index (χ1v) is 10.9. The molecule has 0 amide bonds. The SMILES string of the molecule is Cc1cnc2ccc(Oc3ccc(-c4ccc(C(F)(F)F)cc4)cc3)c(C(F)(F)F)c2c1C(C)C(=O)O. The van der Waals surface area contributed by atoms with E-state index in [2.05, 4.69) is 4.98 Å². The molecule has 0 spiro atoms. The van der Waals surface area contributed by atoms with E-state index in [-0.39, 0.29) is 22.2 Å². The quantitative estimate of drug-likeness (QED) is 0.270. The van der Waals surface area contributed by atoms with Crippen LogP contribution in [0.4, 0.5) is 26.3 Å². The topological polar surface area (TPSA) is 59.4 Å². The van der Waals surface area contributed by atoms with Gasteiger partial charge in [-0.05, 0) is 72.5 Å². The lowest BCUT2D eigenvalue weighted by molar-refractivity contribution is -0.139. The molecule has 0 fully saturated rings. The summed E-state index contributed by atoms with van der Waals surface area (Å²) in [5, 5.41) is 9.16. The number of carboxylic acids is 1. The first-order valence-electron chi connectivity index (χ1n) is 10.9. The van der Waals surface area contributed by atoms with Crippen molar-refractivity contribution in [3.63, 3.8) is 0 Å². The molecule has 0 aliphatic carbocycles. The summed E-state index contributed by atoms with van der Waals surface area (Å²) in [6, 6.07) is 12.7. The van der Waals surface area contributed by atoms with Gasteiger partial charge in [-0.3, -0.25) is 9.78 Å². The van der Waals surface area contributed by atoms with Crippen molar-refractivity contribution in [2.45, 2.75) is 32.1 Å². The van der Waals surface area contributed by atoms with Gasteiger partial charge < -0.3 is 9.84 Å². The van der Waals surface area contributed by atoms with Gasteiger partial charge in [-0.25, -0.2) is 0 Å². The molecule has 4 aromatic rings. The normalized spacial score (nSPS) is 13.0. The van der Waals surface area contributed by atoms with Crippen molar-refractivity contribution in [3.05, 3.63) is 89.1 Å². The van der Waals surface area contributed by atoms with Gasteiger partial charge in [0.1, 0.15) is 17.1 Å². The fraction of sp³-hybridized carbons (Fsp3) is 0.185. The molecule has 37 heavy (non-hydrogen) atoms. The number of benzene rings is 3. The predicted octanol–water partition coefficient (Wildman–Crippen LogP) is 8.23. The Bertz CT molecular complexity index is 1460. The van der Waals surface area contributed by atoms with Crippen molar-refractivity contribution in [2.24, 2.45) is 0 Å². The van der Waals surface area contributed by atoms with Crippen LogP contribution in [0.25, 0.3) is 22.0 Å². The molecule has 1 N–H and O–H groups in total. The minimum atomic E-state index is -4.89. The second-order valence-electron chi connectivity index (χ2n) is 8.45. The number of alkyl halides is 6. The Morgan fingerprint density at radius 2 is 1.43 bits per heavy atom. The van der Waals surface area contributed by atoms with Crippen LogP contribution in [-0.4, -0.2) is 16.1 Å². The minimum Gasteiger partial charge on any atom is -0.481 e. The highest BCUT2D eigenvalue weighted by atomic mass is 19.4. The van der Waals surface area contributed by atoms with E-state index < -0.39 is 41.1 Å². The van der Waals surface area contributed by atoms with Crippen molar-refractivity contribution in [1.82, 2.24) is 4.98 Å². The molecule has 0 saturated heterocycles. The lowest BCUT2D eigenvalue weighted by atomic mass is 9.90. The molecule has 4 rings (SSSR count). The molecule has 0 saturated carbocycles. The van der Waals surface area contributed by atoms with Crippen LogP contribution in [0.1, 0.15) is 35.1 Å². The number of hydrogen-bond acceptors (Lipinski definition) is 3. The Kier molecular flexibility index (Phi) is 6.62. The van der Waals surface area contributed by atoms with E-state index in [0.29, 0.717) is 16.7 Å². The molecule has 0 radical (unpaired) electrons. The molecule has 10 heteroatoms. The maximum atomic E-state index is 14.3. The highest BCUT2D eigenvalue weighted by molar-refractivity contribution is 5.93. The van der Waals surface area contributed by atoms with Crippen molar-refractivity contribution >= 4 is 16.9 Å². The molecule has 4 nitrogen and oxygen atoms in total. The highest BCUT2D eigenvalue weighted by Crippen LogP contribution is 2.45. The maximum absolute atomic E-state index is 14.3. The van der Waals surface area contributed by atoms with E-state index in [1.807, 2.05) is 0 Å². The fourth-order valence-electron chi connectivity index (χ4n) is 4.13. The molecule has 3 aromatic carbocycles. The van der Waals surface area contributed by atoms with Gasteiger partial charge in [0, 0.05) is 11.6 Å². The monoisotopic (exact) mass is 519 g/mol. The standard InChI is InChI=1S/C27H19F6NO3/c1-14-13-34-20-11-12-21(24(27(31,32)33)23(20)22(14)15(2)25(35)36)37-19-9-5-17(6-10-19)16-3-7-18(8-4-16)26(28,29)30/h3-13,15H,1-2H3,(H,35,36). The Morgan fingerprint density at radius 1 is 0.865 bits per heavy atom. The number of fused-ring (bicyclic) bond motifs is 1. The lowest BCUT2D eigenvalue weighted by Gasteiger charge is -2.21. The summed E-state index contributed by atoms with van der Waals surface area (Å²) >= 11 is 0. The van der Waals surface area contributed by atoms with Crippen LogP contribution in [0, 0.1) is 6.92 Å². The van der Waals surface area contributed by atoms with Crippen molar-refractivity contribution in [2.75, 3.05) is 0 Å². The van der Waals surface area contributed by atoms with Gasteiger partial charge >= 0.3 is 18.3 Å². The lowest BCUT2D eigenvalue weighted by Crippen LogP contribution is -2.14. The number of ether oxygens (including phenoxy) is 1. The number of aliphatic carboxylic acids is 1. The summed E-state index contributed by atoms with van der Waals surface area (Å²) in [5.41, 5.74) is -0.655. The number of carboxylic acid groups (broad SMARTS) is 1. The molecule has 0 bridgehead atoms. The number of nitrogens with zero attached hydrogens (tertiary/aromatic N) is 1. The maximum Gasteiger partial charge on any atom is 0.420 e. The number of aromatic nitrogens is 1. The summed E-state index contributed by atoms with van der Waals surface area (Å²) < 4.78 is 87.0. The second-order valence-corrected chi connectivity index (χ2v) is 8.45. The van der Waals surface area contributed by atoms with Gasteiger partial charge in [0.05, 0.1) is 17.0 Å². The Labute approximate surface area is 207 Å². The van der Waals surface area contributed by atoms with E-state index in [1.54, 1.807) is 0 Å². The minimum absolute atomic E-state index is 0.00655. The molecular formula is C27H19F6NO3. The van der Waals surface area contributed by atoms with Gasteiger partial charge in [-0.2, -0.15) is 26.3 Å². The summed E-state index contributed by atoms with van der Waals surface area (Å²) in [6.45, 7) is 2.80. The molecule has 1 unspecified atom stereocenters. The number of halogens is 6. The smallest absolute Gasteiger partial charge is 0.420 e. The van der Waals surface area contributed by atoms with E-state index >= 15 is 0 Å². The largest absolute Gasteiger partial charge is 0.481 e. The number of pyridine rings is 1. The van der Waals surface area contributed by atoms with Crippen LogP contribution in [0.3, 0.4) is 0 Å². The van der Waals surface area contributed by atoms with Crippen LogP contribution < -0.4 is 4.74 Å². The van der Waals surface area contributed by atoms with Gasteiger partial charge in [0.2, 0.25) is 0 Å². The number of hydrogen-bond donors (Lipinski definition) is 1. The third-order valence-electron chi connectivity index (χ3n) is 5.95. The van der Waals surface area contributed by atoms with Crippen LogP contribution in [0.2, 0.25) is 0 Å². The Balaban J connectivity index is 1.75. The summed E-state index contributed by atoms with van der Waals surface area (Å²) in [6.07, 6.45) is -8.03. The summed E-state index contributed by atoms with van der Waals surface area (Å²) in [5.74, 6) is -3.00. The zero-order chi connectivity index (χ0) is 27.1. The van der Waals surface area contributed by atoms with E-state index in [1.165, 1.54) is 62.5 Å². The Hall–Kier alpha value is -4.08. The zero-order valence-corrected chi connectivity index (χ0v) is 19.4. The first kappa shape index (κ1) is 26.0. The van der Waals surface area contributed by atoms with Crippen molar-refractivity contribution in [1.29, 1.82) is 0 Å². The van der Waals surface area contributed by atoms with Crippen molar-refractivity contribution < 1.29 is 41.0 Å². The Morgan fingerprint density at radius 3 is 1.95 bits per heavy atom. The van der Waals surface area contributed by atoms with Crippen LogP contribution in [-0.2, 0) is 17.1 Å². The molecule has 0 aliphatic rings. The van der Waals surface area contributed by atoms with Crippen molar-refractivity contribution in [3.8, 4) is 22.6 Å². The number of rotatable bonds is 5. The number of carbonyl (C=O) groups is 1. The van der Waals surface area contributed by atoms with Gasteiger partial charge in [-0.1, -0.05) is 24.3 Å². The van der Waals surface area contributed by atoms with E-state index in [9.17, 15) is 36.2 Å². The summed E-state index contributed by atoms with van der Waals surface area (Å²) in [7, 11) is 0. The van der Waals surface area contributed by atoms with Crippen LogP contribution in [0.15, 0.2) is 66.9 Å². The highest BCUT2D eigenvalue weighted by Gasteiger charge is 2.39. The van der Waals surface area contributed by atoms with Crippen LogP contribution in [0.5, 0.6) is 11.5 Å². The molecule has 1 aromatic heterocycles. The van der Waals surface area contributed by atoms with E-state index in [4.69, 9.17) is 4.74 Å². The molecular weight excluding hydrogens is 500 g/mol. The van der Waals surface area contributed by atoms with Gasteiger partial charge in [-0.15, -0.1) is 0 Å². The second kappa shape index (κ2) is 9.42. The zero-order valence-electron chi connectivity index (χ0n) is 19.4. The van der Waals surface area contributed by atoms with E-state index in [0.717, 1.165) is 18.2 Å².